The minimum Gasteiger partial charge on any atom is -0.378 e. The molecule has 0 aromatic rings. The Bertz CT molecular complexity index is 344. The van der Waals surface area contributed by atoms with Crippen molar-refractivity contribution >= 4 is 5.91 Å². The van der Waals surface area contributed by atoms with Gasteiger partial charge in [-0.15, -0.1) is 0 Å². The van der Waals surface area contributed by atoms with Crippen LogP contribution in [0.3, 0.4) is 0 Å². The summed E-state index contributed by atoms with van der Waals surface area (Å²) in [6.45, 7) is 12.3. The quantitative estimate of drug-likeness (QED) is 0.677. The van der Waals surface area contributed by atoms with Gasteiger partial charge in [0.15, 0.2) is 0 Å². The predicted molar refractivity (Wildman–Crippen MR) is 87.0 cm³/mol. The number of amides is 1. The van der Waals surface area contributed by atoms with Crippen LogP contribution in [-0.2, 0) is 9.53 Å². The van der Waals surface area contributed by atoms with Crippen LogP contribution >= 0.6 is 0 Å². The molecule has 0 radical (unpaired) electrons. The lowest BCUT2D eigenvalue weighted by atomic mass is 9.71. The van der Waals surface area contributed by atoms with Crippen molar-refractivity contribution in [2.45, 2.75) is 78.4 Å². The number of hydrogen-bond acceptors (Lipinski definition) is 3. The topological polar surface area (TPSA) is 64.3 Å². The van der Waals surface area contributed by atoms with E-state index in [-0.39, 0.29) is 5.91 Å². The molecule has 1 aliphatic rings. The second kappa shape index (κ2) is 7.59. The zero-order chi connectivity index (χ0) is 16.1. The second-order valence-electron chi connectivity index (χ2n) is 7.74. The average Bonchev–Trinajstić information content (AvgIpc) is 2.32. The molecule has 1 aliphatic carbocycles. The van der Waals surface area contributed by atoms with Gasteiger partial charge < -0.3 is 15.8 Å². The highest BCUT2D eigenvalue weighted by Crippen LogP contribution is 2.39. The number of carbonyl (C=O) groups excluding carboxylic acids is 1. The fourth-order valence-corrected chi connectivity index (χ4v) is 3.75. The zero-order valence-corrected chi connectivity index (χ0v) is 14.5. The molecule has 0 aromatic heterocycles. The summed E-state index contributed by atoms with van der Waals surface area (Å²) in [6.07, 6.45) is 5.52. The van der Waals surface area contributed by atoms with E-state index < -0.39 is 5.54 Å². The number of likely N-dealkylation sites (N-methyl/N-ethyl adjacent to an activating group) is 1. The molecular formula is C17H34N2O2. The first kappa shape index (κ1) is 18.4. The molecule has 1 fully saturated rings. The van der Waals surface area contributed by atoms with E-state index in [1.54, 1.807) is 0 Å². The maximum Gasteiger partial charge on any atom is 0.237 e. The van der Waals surface area contributed by atoms with Crippen LogP contribution in [-0.4, -0.2) is 30.7 Å². The molecule has 0 bridgehead atoms. The summed E-state index contributed by atoms with van der Waals surface area (Å²) in [5.41, 5.74) is 5.26. The number of ether oxygens (including phenoxy) is 1. The third kappa shape index (κ3) is 5.95. The summed E-state index contributed by atoms with van der Waals surface area (Å²) in [4.78, 5) is 11.6. The van der Waals surface area contributed by atoms with Crippen LogP contribution in [0.15, 0.2) is 0 Å². The minimum atomic E-state index is -0.614. The van der Waals surface area contributed by atoms with Crippen molar-refractivity contribution in [3.63, 3.8) is 0 Å². The fraction of sp³-hybridized carbons (Fsp3) is 0.941. The van der Waals surface area contributed by atoms with Crippen molar-refractivity contribution in [3.8, 4) is 0 Å². The van der Waals surface area contributed by atoms with Gasteiger partial charge in [0.1, 0.15) is 0 Å². The summed E-state index contributed by atoms with van der Waals surface area (Å²) < 4.78 is 6.06. The van der Waals surface area contributed by atoms with E-state index >= 15 is 0 Å². The first-order valence-corrected chi connectivity index (χ1v) is 8.35. The van der Waals surface area contributed by atoms with Gasteiger partial charge in [0, 0.05) is 6.61 Å². The lowest BCUT2D eigenvalue weighted by Crippen LogP contribution is -2.53. The highest BCUT2D eigenvalue weighted by atomic mass is 16.5. The van der Waals surface area contributed by atoms with Gasteiger partial charge >= 0.3 is 0 Å². The van der Waals surface area contributed by atoms with Crippen LogP contribution < -0.4 is 11.1 Å². The van der Waals surface area contributed by atoms with E-state index in [1.807, 2.05) is 13.8 Å². The summed E-state index contributed by atoms with van der Waals surface area (Å²) in [5.74, 6) is 0.452. The van der Waals surface area contributed by atoms with Gasteiger partial charge in [0.2, 0.25) is 5.91 Å². The molecule has 4 nitrogen and oxygen atoms in total. The maximum atomic E-state index is 11.6. The molecule has 3 atom stereocenters. The fourth-order valence-electron chi connectivity index (χ4n) is 3.75. The molecule has 1 rings (SSSR count). The van der Waals surface area contributed by atoms with Crippen molar-refractivity contribution in [2.75, 3.05) is 13.2 Å². The minimum absolute atomic E-state index is 0.281. The Labute approximate surface area is 130 Å². The lowest BCUT2D eigenvalue weighted by Gasteiger charge is -2.39. The van der Waals surface area contributed by atoms with E-state index in [2.05, 4.69) is 26.1 Å². The van der Waals surface area contributed by atoms with Gasteiger partial charge in [-0.2, -0.15) is 0 Å². The van der Waals surface area contributed by atoms with Crippen LogP contribution in [0.25, 0.3) is 0 Å². The van der Waals surface area contributed by atoms with Crippen LogP contribution in [0.4, 0.5) is 0 Å². The summed E-state index contributed by atoms with van der Waals surface area (Å²) >= 11 is 0. The second-order valence-corrected chi connectivity index (χ2v) is 7.74. The maximum absolute atomic E-state index is 11.6. The van der Waals surface area contributed by atoms with Gasteiger partial charge in [-0.3, -0.25) is 4.79 Å². The van der Waals surface area contributed by atoms with Gasteiger partial charge in [-0.25, -0.2) is 0 Å². The number of rotatable bonds is 8. The third-order valence-electron chi connectivity index (χ3n) is 4.63. The standard InChI is InChI=1S/C17H34N2O2/c1-6-19-17(5,15(18)20)8-7-9-21-14-10-13(2)11-16(3,4)12-14/h13-14,19H,6-12H2,1-5H3,(H2,18,20). The van der Waals surface area contributed by atoms with Gasteiger partial charge in [0.05, 0.1) is 11.6 Å². The van der Waals surface area contributed by atoms with Crippen molar-refractivity contribution in [3.05, 3.63) is 0 Å². The SMILES string of the molecule is CCNC(C)(CCCOC1CC(C)CC(C)(C)C1)C(N)=O. The Morgan fingerprint density at radius 2 is 2.10 bits per heavy atom. The number of hydrogen-bond donors (Lipinski definition) is 2. The van der Waals surface area contributed by atoms with E-state index in [0.29, 0.717) is 18.1 Å². The lowest BCUT2D eigenvalue weighted by molar-refractivity contribution is -0.124. The number of nitrogens with two attached hydrogens (primary N) is 1. The molecule has 1 amide bonds. The van der Waals surface area contributed by atoms with E-state index in [1.165, 1.54) is 6.42 Å². The van der Waals surface area contributed by atoms with E-state index in [0.717, 1.165) is 38.1 Å². The van der Waals surface area contributed by atoms with Crippen molar-refractivity contribution in [1.29, 1.82) is 0 Å². The molecule has 0 saturated heterocycles. The predicted octanol–water partition coefficient (Wildman–Crippen LogP) is 2.85. The van der Waals surface area contributed by atoms with Gasteiger partial charge in [0.25, 0.3) is 0 Å². The number of primary amides is 1. The zero-order valence-electron chi connectivity index (χ0n) is 14.5. The van der Waals surface area contributed by atoms with Crippen LogP contribution in [0.1, 0.15) is 66.7 Å². The Balaban J connectivity index is 2.34. The normalized spacial score (nSPS) is 28.0. The van der Waals surface area contributed by atoms with E-state index in [4.69, 9.17) is 10.5 Å². The number of nitrogens with one attached hydrogen (secondary N) is 1. The van der Waals surface area contributed by atoms with Crippen LogP contribution in [0.2, 0.25) is 0 Å². The summed E-state index contributed by atoms with van der Waals surface area (Å²) in [7, 11) is 0. The molecule has 0 aromatic carbocycles. The Morgan fingerprint density at radius 1 is 1.43 bits per heavy atom. The highest BCUT2D eigenvalue weighted by Gasteiger charge is 2.33. The largest absolute Gasteiger partial charge is 0.378 e. The molecule has 3 unspecified atom stereocenters. The Kier molecular flexibility index (Phi) is 6.67. The Hall–Kier alpha value is -0.610. The average molecular weight is 298 g/mol. The summed E-state index contributed by atoms with van der Waals surface area (Å²) in [6, 6.07) is 0. The van der Waals surface area contributed by atoms with Crippen molar-refractivity contribution in [2.24, 2.45) is 17.1 Å². The van der Waals surface area contributed by atoms with Crippen LogP contribution in [0.5, 0.6) is 0 Å². The smallest absolute Gasteiger partial charge is 0.237 e. The molecule has 21 heavy (non-hydrogen) atoms. The van der Waals surface area contributed by atoms with E-state index in [9.17, 15) is 4.79 Å². The molecule has 124 valence electrons. The van der Waals surface area contributed by atoms with Crippen molar-refractivity contribution < 1.29 is 9.53 Å². The molecular weight excluding hydrogens is 264 g/mol. The first-order valence-electron chi connectivity index (χ1n) is 8.35. The molecule has 3 N–H and O–H groups in total. The monoisotopic (exact) mass is 298 g/mol. The van der Waals surface area contributed by atoms with Crippen LogP contribution in [0, 0.1) is 11.3 Å². The summed E-state index contributed by atoms with van der Waals surface area (Å²) in [5, 5.41) is 3.19. The number of carbonyl (C=O) groups is 1. The molecule has 0 spiro atoms. The molecule has 4 heteroatoms. The third-order valence-corrected chi connectivity index (χ3v) is 4.63. The first-order chi connectivity index (χ1) is 9.68. The molecule has 0 heterocycles. The van der Waals surface area contributed by atoms with Crippen molar-refractivity contribution in [1.82, 2.24) is 5.32 Å². The Morgan fingerprint density at radius 3 is 2.62 bits per heavy atom. The van der Waals surface area contributed by atoms with Gasteiger partial charge in [-0.05, 0) is 56.9 Å². The molecule has 1 saturated carbocycles. The molecule has 0 aliphatic heterocycles. The van der Waals surface area contributed by atoms with Gasteiger partial charge in [-0.1, -0.05) is 27.7 Å². The highest BCUT2D eigenvalue weighted by molar-refractivity contribution is 5.84.